The van der Waals surface area contributed by atoms with Gasteiger partial charge in [-0.1, -0.05) is 30.3 Å². The summed E-state index contributed by atoms with van der Waals surface area (Å²) < 4.78 is 0. The van der Waals surface area contributed by atoms with Crippen molar-refractivity contribution >= 4 is 5.91 Å². The standard InChI is InChI=1S/C15H22N2O/c1-16-15(18)11-13-7-9-17(10-8-13)12-14-5-3-2-4-6-14/h2-6,13H,7-12H2,1H3,(H,16,18). The van der Waals surface area contributed by atoms with Gasteiger partial charge in [-0.05, 0) is 37.4 Å². The molecular weight excluding hydrogens is 224 g/mol. The Labute approximate surface area is 109 Å². The van der Waals surface area contributed by atoms with Crippen LogP contribution in [0.5, 0.6) is 0 Å². The summed E-state index contributed by atoms with van der Waals surface area (Å²) in [5, 5.41) is 2.71. The highest BCUT2D eigenvalue weighted by Gasteiger charge is 2.20. The van der Waals surface area contributed by atoms with E-state index >= 15 is 0 Å². The van der Waals surface area contributed by atoms with Crippen molar-refractivity contribution in [3.8, 4) is 0 Å². The van der Waals surface area contributed by atoms with Crippen LogP contribution in [-0.2, 0) is 11.3 Å². The van der Waals surface area contributed by atoms with E-state index in [0.29, 0.717) is 12.3 Å². The van der Waals surface area contributed by atoms with Gasteiger partial charge in [-0.2, -0.15) is 0 Å². The van der Waals surface area contributed by atoms with E-state index in [1.807, 2.05) is 0 Å². The summed E-state index contributed by atoms with van der Waals surface area (Å²) in [5.41, 5.74) is 1.38. The molecule has 0 spiro atoms. The molecule has 0 atom stereocenters. The molecule has 98 valence electrons. The predicted octanol–water partition coefficient (Wildman–Crippen LogP) is 2.03. The van der Waals surface area contributed by atoms with Crippen LogP contribution in [0.4, 0.5) is 0 Å². The Morgan fingerprint density at radius 3 is 2.56 bits per heavy atom. The van der Waals surface area contributed by atoms with Crippen LogP contribution in [0.1, 0.15) is 24.8 Å². The fourth-order valence-electron chi connectivity index (χ4n) is 2.55. The number of rotatable bonds is 4. The third kappa shape index (κ3) is 3.84. The summed E-state index contributed by atoms with van der Waals surface area (Å²) >= 11 is 0. The minimum absolute atomic E-state index is 0.177. The van der Waals surface area contributed by atoms with Crippen LogP contribution in [0.3, 0.4) is 0 Å². The van der Waals surface area contributed by atoms with Gasteiger partial charge in [0.05, 0.1) is 0 Å². The fourth-order valence-corrected chi connectivity index (χ4v) is 2.55. The lowest BCUT2D eigenvalue weighted by Gasteiger charge is -2.31. The Hall–Kier alpha value is -1.35. The molecule has 0 aromatic heterocycles. The van der Waals surface area contributed by atoms with Crippen molar-refractivity contribution in [2.24, 2.45) is 5.92 Å². The molecular formula is C15H22N2O. The number of piperidine rings is 1. The lowest BCUT2D eigenvalue weighted by Crippen LogP contribution is -2.35. The summed E-state index contributed by atoms with van der Waals surface area (Å²) in [4.78, 5) is 13.8. The SMILES string of the molecule is CNC(=O)CC1CCN(Cc2ccccc2)CC1. The van der Waals surface area contributed by atoms with Crippen molar-refractivity contribution in [3.63, 3.8) is 0 Å². The Kier molecular flexibility index (Phi) is 4.76. The van der Waals surface area contributed by atoms with Crippen molar-refractivity contribution in [2.75, 3.05) is 20.1 Å². The highest BCUT2D eigenvalue weighted by atomic mass is 16.1. The number of nitrogens with one attached hydrogen (secondary N) is 1. The van der Waals surface area contributed by atoms with Crippen molar-refractivity contribution in [3.05, 3.63) is 35.9 Å². The van der Waals surface area contributed by atoms with Gasteiger partial charge in [-0.15, -0.1) is 0 Å². The highest BCUT2D eigenvalue weighted by molar-refractivity contribution is 5.75. The third-order valence-corrected chi connectivity index (χ3v) is 3.71. The van der Waals surface area contributed by atoms with Gasteiger partial charge in [-0.3, -0.25) is 9.69 Å². The van der Waals surface area contributed by atoms with E-state index in [1.54, 1.807) is 7.05 Å². The van der Waals surface area contributed by atoms with Crippen LogP contribution in [0, 0.1) is 5.92 Å². The van der Waals surface area contributed by atoms with Crippen LogP contribution in [0.15, 0.2) is 30.3 Å². The van der Waals surface area contributed by atoms with Crippen molar-refractivity contribution in [2.45, 2.75) is 25.8 Å². The Balaban J connectivity index is 1.75. The zero-order valence-electron chi connectivity index (χ0n) is 11.1. The predicted molar refractivity (Wildman–Crippen MR) is 73.1 cm³/mol. The van der Waals surface area contributed by atoms with E-state index in [-0.39, 0.29) is 5.91 Å². The summed E-state index contributed by atoms with van der Waals surface area (Å²) in [6, 6.07) is 10.6. The lowest BCUT2D eigenvalue weighted by atomic mass is 9.93. The molecule has 2 rings (SSSR count). The molecule has 1 heterocycles. The zero-order chi connectivity index (χ0) is 12.8. The molecule has 0 radical (unpaired) electrons. The van der Waals surface area contributed by atoms with Gasteiger partial charge in [0.1, 0.15) is 0 Å². The molecule has 0 bridgehead atoms. The fraction of sp³-hybridized carbons (Fsp3) is 0.533. The largest absolute Gasteiger partial charge is 0.359 e. The molecule has 0 saturated carbocycles. The van der Waals surface area contributed by atoms with E-state index in [2.05, 4.69) is 40.5 Å². The first kappa shape index (κ1) is 13.1. The first-order valence-electron chi connectivity index (χ1n) is 6.75. The average molecular weight is 246 g/mol. The molecule has 1 N–H and O–H groups in total. The molecule has 3 nitrogen and oxygen atoms in total. The van der Waals surface area contributed by atoms with Gasteiger partial charge in [0.15, 0.2) is 0 Å². The second-order valence-corrected chi connectivity index (χ2v) is 5.08. The number of amides is 1. The van der Waals surface area contributed by atoms with Crippen LogP contribution in [-0.4, -0.2) is 30.9 Å². The number of likely N-dealkylation sites (tertiary alicyclic amines) is 1. The number of carbonyl (C=O) groups excluding carboxylic acids is 1. The van der Waals surface area contributed by atoms with Crippen LogP contribution in [0.2, 0.25) is 0 Å². The molecule has 1 aromatic rings. The molecule has 0 unspecified atom stereocenters. The maximum absolute atomic E-state index is 11.3. The molecule has 1 fully saturated rings. The molecule has 3 heteroatoms. The first-order chi connectivity index (χ1) is 8.78. The van der Waals surface area contributed by atoms with Gasteiger partial charge >= 0.3 is 0 Å². The molecule has 0 aliphatic carbocycles. The van der Waals surface area contributed by atoms with Crippen molar-refractivity contribution < 1.29 is 4.79 Å². The van der Waals surface area contributed by atoms with Crippen molar-refractivity contribution in [1.82, 2.24) is 10.2 Å². The van der Waals surface area contributed by atoms with Gasteiger partial charge in [-0.25, -0.2) is 0 Å². The quantitative estimate of drug-likeness (QED) is 0.881. The smallest absolute Gasteiger partial charge is 0.220 e. The molecule has 1 saturated heterocycles. The average Bonchev–Trinajstić information content (AvgIpc) is 2.42. The Morgan fingerprint density at radius 1 is 1.28 bits per heavy atom. The second-order valence-electron chi connectivity index (χ2n) is 5.08. The first-order valence-corrected chi connectivity index (χ1v) is 6.75. The van der Waals surface area contributed by atoms with Gasteiger partial charge < -0.3 is 5.32 Å². The molecule has 1 aliphatic rings. The molecule has 1 aromatic carbocycles. The van der Waals surface area contributed by atoms with E-state index in [9.17, 15) is 4.79 Å². The van der Waals surface area contributed by atoms with Crippen LogP contribution < -0.4 is 5.32 Å². The summed E-state index contributed by atoms with van der Waals surface area (Å²) in [5.74, 6) is 0.744. The van der Waals surface area contributed by atoms with E-state index in [1.165, 1.54) is 5.56 Å². The summed E-state index contributed by atoms with van der Waals surface area (Å²) in [6.07, 6.45) is 2.97. The molecule has 1 amide bonds. The van der Waals surface area contributed by atoms with E-state index < -0.39 is 0 Å². The van der Waals surface area contributed by atoms with Gasteiger partial charge in [0.2, 0.25) is 5.91 Å². The zero-order valence-corrected chi connectivity index (χ0v) is 11.1. The van der Waals surface area contributed by atoms with E-state index in [4.69, 9.17) is 0 Å². The third-order valence-electron chi connectivity index (χ3n) is 3.71. The highest BCUT2D eigenvalue weighted by Crippen LogP contribution is 2.21. The number of hydrogen-bond donors (Lipinski definition) is 1. The summed E-state index contributed by atoms with van der Waals surface area (Å²) in [7, 11) is 1.72. The number of carbonyl (C=O) groups is 1. The van der Waals surface area contributed by atoms with E-state index in [0.717, 1.165) is 32.5 Å². The lowest BCUT2D eigenvalue weighted by molar-refractivity contribution is -0.121. The van der Waals surface area contributed by atoms with Crippen LogP contribution >= 0.6 is 0 Å². The van der Waals surface area contributed by atoms with Gasteiger partial charge in [0, 0.05) is 20.0 Å². The normalized spacial score (nSPS) is 17.6. The van der Waals surface area contributed by atoms with Gasteiger partial charge in [0.25, 0.3) is 0 Å². The Morgan fingerprint density at radius 2 is 1.94 bits per heavy atom. The number of nitrogens with zero attached hydrogens (tertiary/aromatic N) is 1. The topological polar surface area (TPSA) is 32.3 Å². The maximum atomic E-state index is 11.3. The minimum atomic E-state index is 0.177. The maximum Gasteiger partial charge on any atom is 0.220 e. The monoisotopic (exact) mass is 246 g/mol. The minimum Gasteiger partial charge on any atom is -0.359 e. The molecule has 1 aliphatic heterocycles. The Bertz CT molecular complexity index is 369. The van der Waals surface area contributed by atoms with Crippen molar-refractivity contribution in [1.29, 1.82) is 0 Å². The number of hydrogen-bond acceptors (Lipinski definition) is 2. The molecule has 18 heavy (non-hydrogen) atoms. The number of benzene rings is 1. The second kappa shape index (κ2) is 6.55. The summed E-state index contributed by atoms with van der Waals surface area (Å²) in [6.45, 7) is 3.25. The van der Waals surface area contributed by atoms with Crippen LogP contribution in [0.25, 0.3) is 0 Å².